The summed E-state index contributed by atoms with van der Waals surface area (Å²) in [5, 5.41) is 5.15. The summed E-state index contributed by atoms with van der Waals surface area (Å²) in [6.45, 7) is 7.20. The van der Waals surface area contributed by atoms with Gasteiger partial charge in [-0.25, -0.2) is 0 Å². The number of rotatable bonds is 5. The molecule has 6 nitrogen and oxygen atoms in total. The molecule has 2 fully saturated rings. The van der Waals surface area contributed by atoms with E-state index in [-0.39, 0.29) is 22.4 Å². The zero-order chi connectivity index (χ0) is 19.7. The lowest BCUT2D eigenvalue weighted by Crippen LogP contribution is -2.43. The standard InChI is InChI=1S/C21H23N5OS/c1-3-14(12-24-25-22)15-7-9-26-19(11-15)20(28-21(26)27)16-6-8-23-18-5-4-13(2)10-17(16)18/h3-6,8,10,14-15,19-20H,1,7,9,11-12H2,2H3/t14-,15-,19-,20-/m0/s1. The Hall–Kier alpha value is -2.50. The van der Waals surface area contributed by atoms with Crippen LogP contribution >= 0.6 is 11.8 Å². The Balaban J connectivity index is 1.67. The predicted octanol–water partition coefficient (Wildman–Crippen LogP) is 5.64. The molecule has 144 valence electrons. The third kappa shape index (κ3) is 3.36. The van der Waals surface area contributed by atoms with Crippen LogP contribution in [0.3, 0.4) is 0 Å². The Kier molecular flexibility index (Phi) is 5.29. The number of azide groups is 1. The number of aryl methyl sites for hydroxylation is 1. The zero-order valence-electron chi connectivity index (χ0n) is 15.9. The second-order valence-electron chi connectivity index (χ2n) is 7.58. The molecule has 2 aliphatic rings. The number of aromatic nitrogens is 1. The molecule has 4 rings (SSSR count). The Morgan fingerprint density at radius 1 is 1.50 bits per heavy atom. The van der Waals surface area contributed by atoms with Gasteiger partial charge in [0.1, 0.15) is 0 Å². The maximum atomic E-state index is 12.7. The molecule has 2 aromatic rings. The summed E-state index contributed by atoms with van der Waals surface area (Å²) < 4.78 is 0. The SMILES string of the molecule is C=C[C@@H](CN=[N+]=[N-])[C@H]1CCN2C(=O)S[C@@H](c3ccnc4ccc(C)cc34)[C@@H]2C1. The molecular weight excluding hydrogens is 370 g/mol. The van der Waals surface area contributed by atoms with Crippen molar-refractivity contribution in [3.8, 4) is 0 Å². The summed E-state index contributed by atoms with van der Waals surface area (Å²) >= 11 is 1.44. The van der Waals surface area contributed by atoms with E-state index in [1.807, 2.05) is 23.2 Å². The fourth-order valence-corrected chi connectivity index (χ4v) is 5.86. The van der Waals surface area contributed by atoms with E-state index in [9.17, 15) is 4.79 Å². The van der Waals surface area contributed by atoms with Crippen LogP contribution in [0.15, 0.2) is 48.2 Å². The number of carbonyl (C=O) groups excluding carboxylic acids is 1. The minimum Gasteiger partial charge on any atom is -0.329 e. The fraction of sp³-hybridized carbons (Fsp3) is 0.429. The number of piperidine rings is 1. The maximum absolute atomic E-state index is 12.7. The highest BCUT2D eigenvalue weighted by atomic mass is 32.2. The van der Waals surface area contributed by atoms with E-state index in [1.165, 1.54) is 22.9 Å². The lowest BCUT2D eigenvalue weighted by molar-refractivity contribution is 0.136. The van der Waals surface area contributed by atoms with E-state index >= 15 is 0 Å². The molecule has 0 saturated carbocycles. The molecule has 2 saturated heterocycles. The molecular formula is C21H23N5OS. The maximum Gasteiger partial charge on any atom is 0.282 e. The minimum atomic E-state index is 0.0903. The monoisotopic (exact) mass is 393 g/mol. The lowest BCUT2D eigenvalue weighted by atomic mass is 9.79. The first kappa shape index (κ1) is 18.8. The summed E-state index contributed by atoms with van der Waals surface area (Å²) in [5.74, 6) is 0.518. The van der Waals surface area contributed by atoms with Crippen molar-refractivity contribution >= 4 is 27.9 Å². The highest BCUT2D eigenvalue weighted by molar-refractivity contribution is 8.14. The number of benzene rings is 1. The van der Waals surface area contributed by atoms with Crippen LogP contribution in [-0.4, -0.2) is 34.3 Å². The van der Waals surface area contributed by atoms with Gasteiger partial charge < -0.3 is 4.90 Å². The van der Waals surface area contributed by atoms with Gasteiger partial charge in [-0.1, -0.05) is 34.6 Å². The second-order valence-corrected chi connectivity index (χ2v) is 8.68. The van der Waals surface area contributed by atoms with Gasteiger partial charge in [-0.05, 0) is 60.9 Å². The van der Waals surface area contributed by atoms with Gasteiger partial charge in [0.05, 0.1) is 10.8 Å². The average molecular weight is 394 g/mol. The number of hydrogen-bond donors (Lipinski definition) is 0. The molecule has 0 radical (unpaired) electrons. The molecule has 28 heavy (non-hydrogen) atoms. The summed E-state index contributed by atoms with van der Waals surface area (Å²) in [4.78, 5) is 22.1. The first-order chi connectivity index (χ1) is 13.6. The van der Waals surface area contributed by atoms with E-state index in [4.69, 9.17) is 5.53 Å². The van der Waals surface area contributed by atoms with Crippen molar-refractivity contribution in [1.82, 2.24) is 9.88 Å². The molecule has 0 unspecified atom stereocenters. The van der Waals surface area contributed by atoms with Gasteiger partial charge in [-0.2, -0.15) is 0 Å². The number of carbonyl (C=O) groups is 1. The van der Waals surface area contributed by atoms with Crippen LogP contribution in [0.1, 0.15) is 29.2 Å². The zero-order valence-corrected chi connectivity index (χ0v) is 16.7. The average Bonchev–Trinajstić information content (AvgIpc) is 3.04. The van der Waals surface area contributed by atoms with E-state index in [2.05, 4.69) is 46.7 Å². The molecule has 0 spiro atoms. The van der Waals surface area contributed by atoms with Crippen LogP contribution in [0.5, 0.6) is 0 Å². The molecule has 3 heterocycles. The number of pyridine rings is 1. The van der Waals surface area contributed by atoms with E-state index < -0.39 is 0 Å². The number of amides is 1. The fourth-order valence-electron chi connectivity index (χ4n) is 4.53. The Morgan fingerprint density at radius 3 is 3.14 bits per heavy atom. The molecule has 0 aliphatic carbocycles. The van der Waals surface area contributed by atoms with Crippen molar-refractivity contribution in [2.45, 2.75) is 31.1 Å². The Bertz CT molecular complexity index is 970. The van der Waals surface area contributed by atoms with Gasteiger partial charge >= 0.3 is 0 Å². The number of nitrogens with zero attached hydrogens (tertiary/aromatic N) is 5. The molecule has 2 aliphatic heterocycles. The molecule has 7 heteroatoms. The van der Waals surface area contributed by atoms with Gasteiger partial charge in [-0.3, -0.25) is 9.78 Å². The van der Waals surface area contributed by atoms with E-state index in [1.54, 1.807) is 0 Å². The van der Waals surface area contributed by atoms with Gasteiger partial charge in [0.25, 0.3) is 5.24 Å². The molecule has 4 atom stereocenters. The highest BCUT2D eigenvalue weighted by Gasteiger charge is 2.46. The third-order valence-corrected chi connectivity index (χ3v) is 7.26. The Morgan fingerprint density at radius 2 is 2.36 bits per heavy atom. The largest absolute Gasteiger partial charge is 0.329 e. The molecule has 0 bridgehead atoms. The van der Waals surface area contributed by atoms with Crippen LogP contribution in [0.4, 0.5) is 4.79 Å². The first-order valence-electron chi connectivity index (χ1n) is 9.58. The summed E-state index contributed by atoms with van der Waals surface area (Å²) in [7, 11) is 0. The smallest absolute Gasteiger partial charge is 0.282 e. The van der Waals surface area contributed by atoms with Crippen molar-refractivity contribution in [1.29, 1.82) is 0 Å². The normalized spacial score (nSPS) is 25.2. The topological polar surface area (TPSA) is 82.0 Å². The summed E-state index contributed by atoms with van der Waals surface area (Å²) in [5.41, 5.74) is 12.0. The molecule has 1 aromatic carbocycles. The lowest BCUT2D eigenvalue weighted by Gasteiger charge is -2.39. The minimum absolute atomic E-state index is 0.0903. The van der Waals surface area contributed by atoms with Gasteiger partial charge in [-0.15, -0.1) is 6.58 Å². The van der Waals surface area contributed by atoms with E-state index in [0.29, 0.717) is 12.5 Å². The van der Waals surface area contributed by atoms with Crippen LogP contribution < -0.4 is 0 Å². The summed E-state index contributed by atoms with van der Waals surface area (Å²) in [6.07, 6.45) is 5.56. The van der Waals surface area contributed by atoms with Crippen LogP contribution in [0.25, 0.3) is 21.3 Å². The van der Waals surface area contributed by atoms with Crippen molar-refractivity contribution in [2.75, 3.05) is 13.1 Å². The molecule has 0 N–H and O–H groups in total. The highest BCUT2D eigenvalue weighted by Crippen LogP contribution is 2.50. The first-order valence-corrected chi connectivity index (χ1v) is 10.5. The van der Waals surface area contributed by atoms with E-state index in [0.717, 1.165) is 30.3 Å². The van der Waals surface area contributed by atoms with Gasteiger partial charge in [0, 0.05) is 35.6 Å². The van der Waals surface area contributed by atoms with Crippen molar-refractivity contribution in [2.24, 2.45) is 17.0 Å². The van der Waals surface area contributed by atoms with Crippen molar-refractivity contribution < 1.29 is 4.79 Å². The molecule has 1 amide bonds. The van der Waals surface area contributed by atoms with Crippen molar-refractivity contribution in [3.05, 3.63) is 64.7 Å². The summed E-state index contributed by atoms with van der Waals surface area (Å²) in [6, 6.07) is 8.49. The number of thioether (sulfide) groups is 1. The van der Waals surface area contributed by atoms with Gasteiger partial charge in [0.2, 0.25) is 0 Å². The quantitative estimate of drug-likeness (QED) is 0.285. The predicted molar refractivity (Wildman–Crippen MR) is 113 cm³/mol. The van der Waals surface area contributed by atoms with Crippen molar-refractivity contribution in [3.63, 3.8) is 0 Å². The number of hydrogen-bond acceptors (Lipinski definition) is 4. The van der Waals surface area contributed by atoms with Crippen LogP contribution in [-0.2, 0) is 0 Å². The Labute approximate surface area is 168 Å². The van der Waals surface area contributed by atoms with Crippen LogP contribution in [0.2, 0.25) is 0 Å². The van der Waals surface area contributed by atoms with Crippen LogP contribution in [0, 0.1) is 18.8 Å². The number of fused-ring (bicyclic) bond motifs is 2. The van der Waals surface area contributed by atoms with Gasteiger partial charge in [0.15, 0.2) is 0 Å². The second kappa shape index (κ2) is 7.86. The molecule has 1 aromatic heterocycles. The third-order valence-electron chi connectivity index (χ3n) is 6.00.